The molecule has 0 saturated heterocycles. The molecule has 0 amide bonds. The van der Waals surface area contributed by atoms with Crippen LogP contribution in [0.2, 0.25) is 0 Å². The van der Waals surface area contributed by atoms with E-state index >= 15 is 0 Å². The number of para-hydroxylation sites is 1. The topological polar surface area (TPSA) is 48.7 Å². The molecule has 0 spiro atoms. The summed E-state index contributed by atoms with van der Waals surface area (Å²) >= 11 is 0. The fourth-order valence-electron chi connectivity index (χ4n) is 2.00. The summed E-state index contributed by atoms with van der Waals surface area (Å²) < 4.78 is 0. The lowest BCUT2D eigenvalue weighted by Crippen LogP contribution is -2.18. The average Bonchev–Trinajstić information content (AvgIpc) is 2.43. The first kappa shape index (κ1) is 12.4. The number of fused-ring (bicyclic) bond motifs is 1. The predicted molar refractivity (Wildman–Crippen MR) is 74.5 cm³/mol. The molecular weight excluding hydrogens is 222 g/mol. The molecule has 1 aromatic carbocycles. The molecule has 0 aliphatic heterocycles. The molecule has 0 atom stereocenters. The van der Waals surface area contributed by atoms with E-state index in [-0.39, 0.29) is 0 Å². The van der Waals surface area contributed by atoms with Gasteiger partial charge >= 0.3 is 0 Å². The van der Waals surface area contributed by atoms with Gasteiger partial charge in [0.2, 0.25) is 0 Å². The van der Waals surface area contributed by atoms with E-state index in [0.29, 0.717) is 17.4 Å². The SMILES string of the molecule is CCC(CC)Nc1nc2ccccc2cc1C#N. The highest BCUT2D eigenvalue weighted by Gasteiger charge is 2.10. The van der Waals surface area contributed by atoms with Gasteiger partial charge in [-0.05, 0) is 25.0 Å². The molecule has 0 radical (unpaired) electrons. The molecule has 18 heavy (non-hydrogen) atoms. The van der Waals surface area contributed by atoms with Gasteiger partial charge < -0.3 is 5.32 Å². The van der Waals surface area contributed by atoms with E-state index in [0.717, 1.165) is 23.7 Å². The van der Waals surface area contributed by atoms with Crippen LogP contribution in [0.3, 0.4) is 0 Å². The Kier molecular flexibility index (Phi) is 3.78. The van der Waals surface area contributed by atoms with Crippen molar-refractivity contribution in [3.8, 4) is 6.07 Å². The van der Waals surface area contributed by atoms with E-state index in [1.54, 1.807) is 0 Å². The number of nitriles is 1. The number of hydrogen-bond acceptors (Lipinski definition) is 3. The van der Waals surface area contributed by atoms with Crippen molar-refractivity contribution in [2.24, 2.45) is 0 Å². The smallest absolute Gasteiger partial charge is 0.144 e. The first-order valence-corrected chi connectivity index (χ1v) is 6.34. The minimum atomic E-state index is 0.366. The van der Waals surface area contributed by atoms with Crippen LogP contribution in [0.1, 0.15) is 32.3 Å². The third kappa shape index (κ3) is 2.43. The fraction of sp³-hybridized carbons (Fsp3) is 0.333. The maximum atomic E-state index is 9.21. The van der Waals surface area contributed by atoms with Crippen molar-refractivity contribution in [3.05, 3.63) is 35.9 Å². The van der Waals surface area contributed by atoms with Gasteiger partial charge in [-0.2, -0.15) is 5.26 Å². The molecule has 0 bridgehead atoms. The number of rotatable bonds is 4. The summed E-state index contributed by atoms with van der Waals surface area (Å²) in [6, 6.07) is 12.3. The Bertz CT molecular complexity index is 580. The molecule has 1 aromatic heterocycles. The minimum Gasteiger partial charge on any atom is -0.366 e. The molecule has 3 heteroatoms. The van der Waals surface area contributed by atoms with Crippen LogP contribution in [-0.2, 0) is 0 Å². The average molecular weight is 239 g/mol. The quantitative estimate of drug-likeness (QED) is 0.884. The number of nitrogens with one attached hydrogen (secondary N) is 1. The monoisotopic (exact) mass is 239 g/mol. The van der Waals surface area contributed by atoms with Crippen molar-refractivity contribution >= 4 is 16.7 Å². The highest BCUT2D eigenvalue weighted by atomic mass is 15.0. The zero-order valence-electron chi connectivity index (χ0n) is 10.8. The van der Waals surface area contributed by atoms with Gasteiger partial charge in [-0.3, -0.25) is 0 Å². The number of aromatic nitrogens is 1. The summed E-state index contributed by atoms with van der Waals surface area (Å²) in [5, 5.41) is 13.6. The van der Waals surface area contributed by atoms with Crippen molar-refractivity contribution in [3.63, 3.8) is 0 Å². The summed E-state index contributed by atoms with van der Waals surface area (Å²) in [6.45, 7) is 4.27. The van der Waals surface area contributed by atoms with Crippen LogP contribution < -0.4 is 5.32 Å². The van der Waals surface area contributed by atoms with Crippen LogP contribution in [0.5, 0.6) is 0 Å². The third-order valence-corrected chi connectivity index (χ3v) is 3.17. The van der Waals surface area contributed by atoms with Crippen molar-refractivity contribution in [1.82, 2.24) is 4.98 Å². The summed E-state index contributed by atoms with van der Waals surface area (Å²) in [5.41, 5.74) is 1.53. The maximum absolute atomic E-state index is 9.21. The van der Waals surface area contributed by atoms with Crippen LogP contribution in [0.15, 0.2) is 30.3 Å². The number of pyridine rings is 1. The van der Waals surface area contributed by atoms with E-state index in [4.69, 9.17) is 0 Å². The molecule has 92 valence electrons. The Morgan fingerprint density at radius 2 is 2.00 bits per heavy atom. The Morgan fingerprint density at radius 1 is 1.28 bits per heavy atom. The second-order valence-corrected chi connectivity index (χ2v) is 4.35. The van der Waals surface area contributed by atoms with Gasteiger partial charge in [-0.25, -0.2) is 4.98 Å². The van der Waals surface area contributed by atoms with Gasteiger partial charge in [0.25, 0.3) is 0 Å². The first-order chi connectivity index (χ1) is 8.78. The summed E-state index contributed by atoms with van der Waals surface area (Å²) in [5.74, 6) is 0.699. The summed E-state index contributed by atoms with van der Waals surface area (Å²) in [7, 11) is 0. The lowest BCUT2D eigenvalue weighted by Gasteiger charge is -2.16. The highest BCUT2D eigenvalue weighted by Crippen LogP contribution is 2.21. The van der Waals surface area contributed by atoms with Gasteiger partial charge in [-0.15, -0.1) is 0 Å². The largest absolute Gasteiger partial charge is 0.366 e. The van der Waals surface area contributed by atoms with E-state index < -0.39 is 0 Å². The van der Waals surface area contributed by atoms with Crippen LogP contribution in [0.4, 0.5) is 5.82 Å². The summed E-state index contributed by atoms with van der Waals surface area (Å²) in [4.78, 5) is 4.55. The van der Waals surface area contributed by atoms with E-state index in [1.807, 2.05) is 30.3 Å². The molecule has 0 unspecified atom stereocenters. The Balaban J connectivity index is 2.45. The normalized spacial score (nSPS) is 10.6. The highest BCUT2D eigenvalue weighted by molar-refractivity contribution is 5.82. The van der Waals surface area contributed by atoms with Crippen molar-refractivity contribution in [2.45, 2.75) is 32.7 Å². The molecule has 3 nitrogen and oxygen atoms in total. The lowest BCUT2D eigenvalue weighted by molar-refractivity contribution is 0.669. The standard InChI is InChI=1S/C15H17N3/c1-3-13(4-2)17-15-12(10-16)9-11-7-5-6-8-14(11)18-15/h5-9,13H,3-4H2,1-2H3,(H,17,18). The Labute approximate surface area is 107 Å². The number of nitrogens with zero attached hydrogens (tertiary/aromatic N) is 2. The zero-order chi connectivity index (χ0) is 13.0. The van der Waals surface area contributed by atoms with E-state index in [1.165, 1.54) is 0 Å². The second-order valence-electron chi connectivity index (χ2n) is 4.35. The molecule has 2 aromatic rings. The van der Waals surface area contributed by atoms with Crippen LogP contribution in [0, 0.1) is 11.3 Å². The third-order valence-electron chi connectivity index (χ3n) is 3.17. The van der Waals surface area contributed by atoms with Crippen LogP contribution >= 0.6 is 0 Å². The lowest BCUT2D eigenvalue weighted by atomic mass is 10.1. The molecule has 0 fully saturated rings. The summed E-state index contributed by atoms with van der Waals surface area (Å²) in [6.07, 6.45) is 2.05. The Hall–Kier alpha value is -2.08. The molecule has 1 N–H and O–H groups in total. The minimum absolute atomic E-state index is 0.366. The van der Waals surface area contributed by atoms with Crippen LogP contribution in [-0.4, -0.2) is 11.0 Å². The van der Waals surface area contributed by atoms with Crippen LogP contribution in [0.25, 0.3) is 10.9 Å². The van der Waals surface area contributed by atoms with Gasteiger partial charge in [-0.1, -0.05) is 32.0 Å². The number of hydrogen-bond donors (Lipinski definition) is 1. The molecule has 1 heterocycles. The van der Waals surface area contributed by atoms with E-state index in [9.17, 15) is 5.26 Å². The van der Waals surface area contributed by atoms with Gasteiger partial charge in [0, 0.05) is 11.4 Å². The second kappa shape index (κ2) is 5.50. The molecule has 2 rings (SSSR count). The molecule has 0 aliphatic carbocycles. The number of benzene rings is 1. The van der Waals surface area contributed by atoms with Crippen molar-refractivity contribution < 1.29 is 0 Å². The van der Waals surface area contributed by atoms with Gasteiger partial charge in [0.05, 0.1) is 11.1 Å². The van der Waals surface area contributed by atoms with Gasteiger partial charge in [0.15, 0.2) is 0 Å². The van der Waals surface area contributed by atoms with E-state index in [2.05, 4.69) is 30.2 Å². The zero-order valence-corrected chi connectivity index (χ0v) is 10.8. The fourth-order valence-corrected chi connectivity index (χ4v) is 2.00. The van der Waals surface area contributed by atoms with Crippen molar-refractivity contribution in [2.75, 3.05) is 5.32 Å². The molecule has 0 saturated carbocycles. The predicted octanol–water partition coefficient (Wildman–Crippen LogP) is 3.71. The first-order valence-electron chi connectivity index (χ1n) is 6.34. The molecule has 0 aliphatic rings. The maximum Gasteiger partial charge on any atom is 0.144 e. The van der Waals surface area contributed by atoms with Gasteiger partial charge in [0.1, 0.15) is 11.9 Å². The number of anilines is 1. The Morgan fingerprint density at radius 3 is 2.67 bits per heavy atom. The molecular formula is C15H17N3. The van der Waals surface area contributed by atoms with Crippen molar-refractivity contribution in [1.29, 1.82) is 5.26 Å².